The molecular weight excluding hydrogens is 220 g/mol. The molecule has 0 saturated heterocycles. The summed E-state index contributed by atoms with van der Waals surface area (Å²) >= 11 is 0. The molecule has 0 aliphatic heterocycles. The largest absolute Gasteiger partial charge is 0.478 e. The van der Waals surface area contributed by atoms with E-state index in [1.807, 2.05) is 13.8 Å². The van der Waals surface area contributed by atoms with Gasteiger partial charge in [-0.1, -0.05) is 13.8 Å². The van der Waals surface area contributed by atoms with Crippen molar-refractivity contribution in [1.82, 2.24) is 4.98 Å². The number of nitrogens with one attached hydrogen (secondary N) is 1. The molecule has 1 rings (SSSR count). The fourth-order valence-electron chi connectivity index (χ4n) is 1.27. The Labute approximate surface area is 101 Å². The minimum Gasteiger partial charge on any atom is -0.478 e. The summed E-state index contributed by atoms with van der Waals surface area (Å²) in [6.07, 6.45) is 0. The lowest BCUT2D eigenvalue weighted by atomic mass is 9.95. The van der Waals surface area contributed by atoms with Gasteiger partial charge in [-0.25, -0.2) is 9.78 Å². The second-order valence-electron chi connectivity index (χ2n) is 4.81. The molecule has 0 aromatic carbocycles. The van der Waals surface area contributed by atoms with E-state index in [4.69, 9.17) is 10.2 Å². The van der Waals surface area contributed by atoms with Crippen LogP contribution in [0.2, 0.25) is 0 Å². The topological polar surface area (TPSA) is 82.5 Å². The first-order valence-electron chi connectivity index (χ1n) is 5.41. The third-order valence-electron chi connectivity index (χ3n) is 2.49. The van der Waals surface area contributed by atoms with Gasteiger partial charge in [-0.3, -0.25) is 0 Å². The highest BCUT2D eigenvalue weighted by atomic mass is 16.4. The maximum atomic E-state index is 10.8. The number of nitrogens with zero attached hydrogens (tertiary/aromatic N) is 1. The number of rotatable bonds is 5. The van der Waals surface area contributed by atoms with Crippen molar-refractivity contribution in [2.45, 2.75) is 20.8 Å². The molecule has 17 heavy (non-hydrogen) atoms. The molecule has 1 aromatic heterocycles. The molecule has 5 heteroatoms. The van der Waals surface area contributed by atoms with Gasteiger partial charge in [0.1, 0.15) is 5.82 Å². The lowest BCUT2D eigenvalue weighted by Crippen LogP contribution is -2.27. The van der Waals surface area contributed by atoms with Crippen molar-refractivity contribution >= 4 is 11.8 Å². The van der Waals surface area contributed by atoms with Gasteiger partial charge < -0.3 is 15.5 Å². The second-order valence-corrected chi connectivity index (χ2v) is 4.81. The zero-order chi connectivity index (χ0) is 13.1. The molecule has 0 saturated carbocycles. The van der Waals surface area contributed by atoms with Crippen LogP contribution in [0.25, 0.3) is 0 Å². The van der Waals surface area contributed by atoms with E-state index in [0.29, 0.717) is 18.1 Å². The van der Waals surface area contributed by atoms with Crippen LogP contribution in [0.5, 0.6) is 0 Å². The van der Waals surface area contributed by atoms with Gasteiger partial charge in [-0.05, 0) is 19.1 Å². The van der Waals surface area contributed by atoms with Crippen LogP contribution >= 0.6 is 0 Å². The lowest BCUT2D eigenvalue weighted by molar-refractivity contribution is 0.0695. The van der Waals surface area contributed by atoms with E-state index in [1.165, 1.54) is 6.07 Å². The number of aromatic carboxylic acids is 1. The Morgan fingerprint density at radius 3 is 2.59 bits per heavy atom. The van der Waals surface area contributed by atoms with Gasteiger partial charge in [-0.15, -0.1) is 0 Å². The summed E-state index contributed by atoms with van der Waals surface area (Å²) in [5, 5.41) is 21.0. The van der Waals surface area contributed by atoms with Crippen molar-refractivity contribution in [2.75, 3.05) is 18.5 Å². The molecule has 0 bridgehead atoms. The van der Waals surface area contributed by atoms with Crippen molar-refractivity contribution < 1.29 is 15.0 Å². The number of aromatic nitrogens is 1. The van der Waals surface area contributed by atoms with E-state index in [0.717, 1.165) is 0 Å². The van der Waals surface area contributed by atoms with E-state index in [-0.39, 0.29) is 17.6 Å². The third-order valence-corrected chi connectivity index (χ3v) is 2.49. The Morgan fingerprint density at radius 2 is 2.12 bits per heavy atom. The SMILES string of the molecule is Cc1nc(NCC(C)(C)CO)ccc1C(=O)O. The first-order valence-corrected chi connectivity index (χ1v) is 5.41. The van der Waals surface area contributed by atoms with Gasteiger partial charge in [-0.2, -0.15) is 0 Å². The summed E-state index contributed by atoms with van der Waals surface area (Å²) in [5.74, 6) is -0.355. The Hall–Kier alpha value is -1.62. The highest BCUT2D eigenvalue weighted by molar-refractivity contribution is 5.89. The molecule has 0 unspecified atom stereocenters. The van der Waals surface area contributed by atoms with Crippen LogP contribution in [0.3, 0.4) is 0 Å². The van der Waals surface area contributed by atoms with E-state index in [1.54, 1.807) is 13.0 Å². The van der Waals surface area contributed by atoms with Gasteiger partial charge in [0.05, 0.1) is 11.3 Å². The van der Waals surface area contributed by atoms with E-state index < -0.39 is 5.97 Å². The molecule has 94 valence electrons. The van der Waals surface area contributed by atoms with Crippen molar-refractivity contribution in [3.05, 3.63) is 23.4 Å². The maximum Gasteiger partial charge on any atom is 0.337 e. The predicted octanol–water partition coefficient (Wildman–Crippen LogP) is 1.52. The number of hydrogen-bond acceptors (Lipinski definition) is 4. The van der Waals surface area contributed by atoms with Crippen LogP contribution in [0.1, 0.15) is 29.9 Å². The van der Waals surface area contributed by atoms with Gasteiger partial charge in [0.25, 0.3) is 0 Å². The number of carboxylic acids is 1. The number of aliphatic hydroxyl groups is 1. The van der Waals surface area contributed by atoms with Crippen LogP contribution in [0, 0.1) is 12.3 Å². The van der Waals surface area contributed by atoms with Crippen LogP contribution in [0.4, 0.5) is 5.82 Å². The molecule has 0 amide bonds. The molecule has 0 spiro atoms. The smallest absolute Gasteiger partial charge is 0.337 e. The fourth-order valence-corrected chi connectivity index (χ4v) is 1.27. The number of anilines is 1. The van der Waals surface area contributed by atoms with E-state index in [9.17, 15) is 4.79 Å². The van der Waals surface area contributed by atoms with Gasteiger partial charge in [0.15, 0.2) is 0 Å². The number of aliphatic hydroxyl groups excluding tert-OH is 1. The Bertz CT molecular complexity index is 416. The summed E-state index contributed by atoms with van der Waals surface area (Å²) in [6, 6.07) is 3.16. The first kappa shape index (κ1) is 13.4. The van der Waals surface area contributed by atoms with Gasteiger partial charge in [0, 0.05) is 18.6 Å². The summed E-state index contributed by atoms with van der Waals surface area (Å²) in [5.41, 5.74) is 0.447. The summed E-state index contributed by atoms with van der Waals surface area (Å²) in [4.78, 5) is 15.0. The molecule has 1 aromatic rings. The molecule has 0 fully saturated rings. The first-order chi connectivity index (χ1) is 7.85. The summed E-state index contributed by atoms with van der Waals surface area (Å²) in [6.45, 7) is 6.16. The summed E-state index contributed by atoms with van der Waals surface area (Å²) in [7, 11) is 0. The quantitative estimate of drug-likeness (QED) is 0.724. The Kier molecular flexibility index (Phi) is 4.07. The molecule has 0 aliphatic rings. The zero-order valence-corrected chi connectivity index (χ0v) is 10.3. The number of carboxylic acid groups (broad SMARTS) is 1. The van der Waals surface area contributed by atoms with Crippen LogP contribution in [-0.2, 0) is 0 Å². The van der Waals surface area contributed by atoms with Crippen molar-refractivity contribution in [1.29, 1.82) is 0 Å². The molecule has 1 heterocycles. The number of hydrogen-bond donors (Lipinski definition) is 3. The van der Waals surface area contributed by atoms with Crippen molar-refractivity contribution in [3.63, 3.8) is 0 Å². The minimum absolute atomic E-state index is 0.0756. The second kappa shape index (κ2) is 5.14. The molecule has 0 atom stereocenters. The van der Waals surface area contributed by atoms with Crippen molar-refractivity contribution in [2.24, 2.45) is 5.41 Å². The monoisotopic (exact) mass is 238 g/mol. The highest BCUT2D eigenvalue weighted by Crippen LogP contribution is 2.16. The average molecular weight is 238 g/mol. The fraction of sp³-hybridized carbons (Fsp3) is 0.500. The van der Waals surface area contributed by atoms with Gasteiger partial charge >= 0.3 is 5.97 Å². The predicted molar refractivity (Wildman–Crippen MR) is 65.3 cm³/mol. The number of pyridine rings is 1. The number of carbonyl (C=O) groups is 1. The Balaban J connectivity index is 2.75. The maximum absolute atomic E-state index is 10.8. The van der Waals surface area contributed by atoms with Crippen LogP contribution in [-0.4, -0.2) is 34.3 Å². The average Bonchev–Trinajstić information content (AvgIpc) is 2.26. The molecule has 5 nitrogen and oxygen atoms in total. The minimum atomic E-state index is -0.975. The molecule has 3 N–H and O–H groups in total. The Morgan fingerprint density at radius 1 is 1.47 bits per heavy atom. The van der Waals surface area contributed by atoms with E-state index in [2.05, 4.69) is 10.3 Å². The zero-order valence-electron chi connectivity index (χ0n) is 10.3. The summed E-state index contributed by atoms with van der Waals surface area (Å²) < 4.78 is 0. The van der Waals surface area contributed by atoms with Gasteiger partial charge in [0.2, 0.25) is 0 Å². The van der Waals surface area contributed by atoms with E-state index >= 15 is 0 Å². The van der Waals surface area contributed by atoms with Crippen LogP contribution in [0.15, 0.2) is 12.1 Å². The lowest BCUT2D eigenvalue weighted by Gasteiger charge is -2.22. The van der Waals surface area contributed by atoms with Crippen LogP contribution < -0.4 is 5.32 Å². The van der Waals surface area contributed by atoms with Crippen molar-refractivity contribution in [3.8, 4) is 0 Å². The third kappa shape index (κ3) is 3.71. The molecule has 0 radical (unpaired) electrons. The number of aryl methyl sites for hydroxylation is 1. The molecular formula is C12H18N2O3. The highest BCUT2D eigenvalue weighted by Gasteiger charge is 2.16. The molecule has 0 aliphatic carbocycles. The normalized spacial score (nSPS) is 11.3. The standard InChI is InChI=1S/C12H18N2O3/c1-8-9(11(16)17)4-5-10(14-8)13-6-12(2,3)7-15/h4-5,15H,6-7H2,1-3H3,(H,13,14)(H,16,17).